The monoisotopic (exact) mass is 297 g/mol. The third kappa shape index (κ3) is 5.80. The van der Waals surface area contributed by atoms with Crippen LogP contribution < -0.4 is 5.73 Å². The molecule has 1 rings (SSSR count). The molecule has 0 saturated heterocycles. The maximum absolute atomic E-state index is 11.7. The molecule has 0 aromatic heterocycles. The number of hydrogen-bond donors (Lipinski definition) is 1. The van der Waals surface area contributed by atoms with Crippen LogP contribution in [0.2, 0.25) is 5.02 Å². The van der Waals surface area contributed by atoms with Gasteiger partial charge in [0.15, 0.2) is 0 Å². The van der Waals surface area contributed by atoms with Crippen molar-refractivity contribution in [1.29, 1.82) is 0 Å². The first kappa shape index (κ1) is 15.6. The molecule has 0 atom stereocenters. The van der Waals surface area contributed by atoms with Gasteiger partial charge in [-0.15, -0.1) is 0 Å². The number of benzene rings is 1. The molecular formula is C11H11ClF3NO3. The predicted octanol–water partition coefficient (Wildman–Crippen LogP) is 2.66. The molecule has 0 aliphatic heterocycles. The van der Waals surface area contributed by atoms with Gasteiger partial charge in [-0.25, -0.2) is 4.79 Å². The van der Waals surface area contributed by atoms with Gasteiger partial charge in [0.25, 0.3) is 0 Å². The van der Waals surface area contributed by atoms with Crippen LogP contribution in [0.25, 0.3) is 0 Å². The lowest BCUT2D eigenvalue weighted by Crippen LogP contribution is -2.19. The van der Waals surface area contributed by atoms with Gasteiger partial charge in [-0.05, 0) is 18.2 Å². The largest absolute Gasteiger partial charge is 0.460 e. The van der Waals surface area contributed by atoms with Crippen molar-refractivity contribution >= 4 is 23.3 Å². The summed E-state index contributed by atoms with van der Waals surface area (Å²) >= 11 is 5.75. The number of carbonyl (C=O) groups is 1. The standard InChI is InChI=1S/C11H11ClF3NO3/c12-9-2-1-7(16)5-8(9)10(17)19-4-3-18-6-11(13,14)15/h1-2,5H,3-4,6,16H2. The van der Waals surface area contributed by atoms with E-state index in [-0.39, 0.29) is 23.8 Å². The molecule has 0 amide bonds. The van der Waals surface area contributed by atoms with Crippen molar-refractivity contribution < 1.29 is 27.4 Å². The second-order valence-corrected chi connectivity index (χ2v) is 3.95. The molecule has 19 heavy (non-hydrogen) atoms. The van der Waals surface area contributed by atoms with Crippen LogP contribution in [0.15, 0.2) is 18.2 Å². The Morgan fingerprint density at radius 2 is 2.00 bits per heavy atom. The zero-order valence-electron chi connectivity index (χ0n) is 9.67. The summed E-state index contributed by atoms with van der Waals surface area (Å²) in [5.74, 6) is -0.770. The third-order valence-corrected chi connectivity index (χ3v) is 2.27. The minimum absolute atomic E-state index is 0.0532. The van der Waals surface area contributed by atoms with E-state index in [2.05, 4.69) is 4.74 Å². The maximum Gasteiger partial charge on any atom is 0.411 e. The average molecular weight is 298 g/mol. The highest BCUT2D eigenvalue weighted by Gasteiger charge is 2.27. The SMILES string of the molecule is Nc1ccc(Cl)c(C(=O)OCCOCC(F)(F)F)c1. The summed E-state index contributed by atoms with van der Waals surface area (Å²) in [6, 6.07) is 4.25. The first-order valence-electron chi connectivity index (χ1n) is 5.16. The first-order chi connectivity index (χ1) is 8.79. The van der Waals surface area contributed by atoms with Crippen molar-refractivity contribution in [3.05, 3.63) is 28.8 Å². The third-order valence-electron chi connectivity index (χ3n) is 1.94. The van der Waals surface area contributed by atoms with Gasteiger partial charge in [-0.2, -0.15) is 13.2 Å². The van der Waals surface area contributed by atoms with Crippen molar-refractivity contribution in [2.75, 3.05) is 25.6 Å². The Balaban J connectivity index is 2.38. The lowest BCUT2D eigenvalue weighted by atomic mass is 10.2. The molecule has 8 heteroatoms. The highest BCUT2D eigenvalue weighted by molar-refractivity contribution is 6.33. The lowest BCUT2D eigenvalue weighted by molar-refractivity contribution is -0.175. The summed E-state index contributed by atoms with van der Waals surface area (Å²) in [5, 5.41) is 0.149. The van der Waals surface area contributed by atoms with E-state index in [4.69, 9.17) is 22.1 Å². The molecular weight excluding hydrogens is 287 g/mol. The molecule has 0 radical (unpaired) electrons. The Hall–Kier alpha value is -1.47. The fourth-order valence-corrected chi connectivity index (χ4v) is 1.35. The minimum Gasteiger partial charge on any atom is -0.460 e. The van der Waals surface area contributed by atoms with Gasteiger partial charge in [-0.1, -0.05) is 11.6 Å². The van der Waals surface area contributed by atoms with Crippen LogP contribution in [0.5, 0.6) is 0 Å². The van der Waals surface area contributed by atoms with Gasteiger partial charge < -0.3 is 15.2 Å². The van der Waals surface area contributed by atoms with E-state index in [9.17, 15) is 18.0 Å². The zero-order valence-corrected chi connectivity index (χ0v) is 10.4. The Morgan fingerprint density at radius 3 is 2.63 bits per heavy atom. The van der Waals surface area contributed by atoms with Crippen LogP contribution in [-0.4, -0.2) is 32.0 Å². The molecule has 1 aromatic carbocycles. The Kier molecular flexibility index (Phi) is 5.44. The molecule has 4 nitrogen and oxygen atoms in total. The van der Waals surface area contributed by atoms with E-state index in [1.165, 1.54) is 18.2 Å². The molecule has 0 aliphatic carbocycles. The molecule has 2 N–H and O–H groups in total. The van der Waals surface area contributed by atoms with E-state index >= 15 is 0 Å². The Morgan fingerprint density at radius 1 is 1.32 bits per heavy atom. The van der Waals surface area contributed by atoms with Crippen LogP contribution in [0.4, 0.5) is 18.9 Å². The number of ether oxygens (including phenoxy) is 2. The number of hydrogen-bond acceptors (Lipinski definition) is 4. The highest BCUT2D eigenvalue weighted by Crippen LogP contribution is 2.19. The number of nitrogens with two attached hydrogens (primary N) is 1. The molecule has 0 spiro atoms. The second kappa shape index (κ2) is 6.63. The van der Waals surface area contributed by atoms with Crippen LogP contribution >= 0.6 is 11.6 Å². The summed E-state index contributed by atoms with van der Waals surface area (Å²) in [5.41, 5.74) is 5.85. The van der Waals surface area contributed by atoms with E-state index in [0.29, 0.717) is 5.69 Å². The molecule has 0 heterocycles. The minimum atomic E-state index is -4.40. The van der Waals surface area contributed by atoms with Gasteiger partial charge in [0.05, 0.1) is 17.2 Å². The van der Waals surface area contributed by atoms with Crippen molar-refractivity contribution in [3.8, 4) is 0 Å². The average Bonchev–Trinajstić information content (AvgIpc) is 2.30. The van der Waals surface area contributed by atoms with E-state index < -0.39 is 18.8 Å². The number of alkyl halides is 3. The Labute approximate surface area is 112 Å². The van der Waals surface area contributed by atoms with Crippen LogP contribution in [0.1, 0.15) is 10.4 Å². The van der Waals surface area contributed by atoms with E-state index in [0.717, 1.165) is 0 Å². The number of esters is 1. The van der Waals surface area contributed by atoms with Crippen molar-refractivity contribution in [3.63, 3.8) is 0 Å². The van der Waals surface area contributed by atoms with E-state index in [1.54, 1.807) is 0 Å². The number of rotatable bonds is 5. The molecule has 0 bridgehead atoms. The zero-order chi connectivity index (χ0) is 14.5. The summed E-state index contributed by atoms with van der Waals surface area (Å²) in [4.78, 5) is 11.5. The summed E-state index contributed by atoms with van der Waals surface area (Å²) in [7, 11) is 0. The summed E-state index contributed by atoms with van der Waals surface area (Å²) < 4.78 is 44.2. The highest BCUT2D eigenvalue weighted by atomic mass is 35.5. The van der Waals surface area contributed by atoms with Crippen molar-refractivity contribution in [2.45, 2.75) is 6.18 Å². The Bertz CT molecular complexity index is 451. The second-order valence-electron chi connectivity index (χ2n) is 3.54. The van der Waals surface area contributed by atoms with Gasteiger partial charge in [0.2, 0.25) is 0 Å². The van der Waals surface area contributed by atoms with Gasteiger partial charge in [0.1, 0.15) is 13.2 Å². The predicted molar refractivity (Wildman–Crippen MR) is 63.0 cm³/mol. The number of carbonyl (C=O) groups excluding carboxylic acids is 1. The van der Waals surface area contributed by atoms with Crippen molar-refractivity contribution in [2.24, 2.45) is 0 Å². The fraction of sp³-hybridized carbons (Fsp3) is 0.364. The number of halogens is 4. The van der Waals surface area contributed by atoms with Crippen LogP contribution in [0.3, 0.4) is 0 Å². The van der Waals surface area contributed by atoms with Gasteiger partial charge in [-0.3, -0.25) is 0 Å². The molecule has 0 saturated carbocycles. The van der Waals surface area contributed by atoms with E-state index in [1.807, 2.05) is 0 Å². The van der Waals surface area contributed by atoms with Crippen LogP contribution in [-0.2, 0) is 9.47 Å². The molecule has 1 aromatic rings. The summed E-state index contributed by atoms with van der Waals surface area (Å²) in [6.45, 7) is -2.05. The smallest absolute Gasteiger partial charge is 0.411 e. The summed E-state index contributed by atoms with van der Waals surface area (Å²) in [6.07, 6.45) is -4.40. The number of nitrogen functional groups attached to an aromatic ring is 1. The van der Waals surface area contributed by atoms with Crippen molar-refractivity contribution in [1.82, 2.24) is 0 Å². The molecule has 0 aliphatic rings. The molecule has 0 fully saturated rings. The van der Waals surface area contributed by atoms with Crippen LogP contribution in [0, 0.1) is 0 Å². The fourth-order valence-electron chi connectivity index (χ4n) is 1.16. The maximum atomic E-state index is 11.7. The molecule has 106 valence electrons. The normalized spacial score (nSPS) is 11.4. The number of anilines is 1. The lowest BCUT2D eigenvalue weighted by Gasteiger charge is -2.09. The van der Waals surface area contributed by atoms with Gasteiger partial charge in [0, 0.05) is 5.69 Å². The van der Waals surface area contributed by atoms with Gasteiger partial charge >= 0.3 is 12.1 Å². The topological polar surface area (TPSA) is 61.6 Å². The first-order valence-corrected chi connectivity index (χ1v) is 5.54. The molecule has 0 unspecified atom stereocenters. The quantitative estimate of drug-likeness (QED) is 0.515.